The Kier molecular flexibility index (Phi) is 5.21. The van der Waals surface area contributed by atoms with Crippen molar-refractivity contribution in [2.45, 2.75) is 16.3 Å². The van der Waals surface area contributed by atoms with Crippen LogP contribution in [0.3, 0.4) is 0 Å². The third kappa shape index (κ3) is 3.41. The number of rotatable bonds is 4. The number of hydrogen-bond donors (Lipinski definition) is 1. The number of aliphatic hydroxyl groups is 1. The van der Waals surface area contributed by atoms with Crippen molar-refractivity contribution in [3.05, 3.63) is 34.3 Å². The van der Waals surface area contributed by atoms with Crippen LogP contribution in [0.2, 0.25) is 0 Å². The van der Waals surface area contributed by atoms with Crippen LogP contribution in [0.4, 0.5) is 0 Å². The third-order valence-electron chi connectivity index (χ3n) is 2.21. The maximum atomic E-state index is 11.6. The highest BCUT2D eigenvalue weighted by atomic mass is 127. The van der Waals surface area contributed by atoms with E-state index in [0.717, 1.165) is 4.47 Å². The molecule has 0 saturated heterocycles. The average Bonchev–Trinajstić information content (AvgIpc) is 2.28. The summed E-state index contributed by atoms with van der Waals surface area (Å²) in [6, 6.07) is 6.98. The zero-order chi connectivity index (χ0) is 12.3. The maximum Gasteiger partial charge on any atom is 0.164 e. The van der Waals surface area contributed by atoms with Crippen molar-refractivity contribution >= 4 is 48.4 Å². The van der Waals surface area contributed by atoms with Gasteiger partial charge < -0.3 is 5.11 Å². The Morgan fingerprint density at radius 2 is 1.88 bits per heavy atom. The zero-order valence-corrected chi connectivity index (χ0v) is 13.2. The first-order valence-electron chi connectivity index (χ1n) is 4.67. The lowest BCUT2D eigenvalue weighted by Gasteiger charge is -2.17. The molecule has 0 aliphatic heterocycles. The molecule has 1 N–H and O–H groups in total. The van der Waals surface area contributed by atoms with Crippen LogP contribution in [0.1, 0.15) is 18.6 Å². The van der Waals surface area contributed by atoms with E-state index >= 15 is 0 Å². The molecule has 0 heterocycles. The smallest absolute Gasteiger partial charge is 0.164 e. The molecule has 2 unspecified atom stereocenters. The Morgan fingerprint density at radius 1 is 1.38 bits per heavy atom. The van der Waals surface area contributed by atoms with E-state index in [4.69, 9.17) is 0 Å². The van der Waals surface area contributed by atoms with Crippen LogP contribution in [0, 0.1) is 0 Å². The molecule has 0 saturated carbocycles. The van der Waals surface area contributed by atoms with Gasteiger partial charge in [0.25, 0.3) is 0 Å². The van der Waals surface area contributed by atoms with Gasteiger partial charge in [0.15, 0.2) is 9.84 Å². The molecular formula is C10H12BrIO3S. The van der Waals surface area contributed by atoms with Crippen LogP contribution in [0.25, 0.3) is 0 Å². The topological polar surface area (TPSA) is 54.4 Å². The fourth-order valence-electron chi connectivity index (χ4n) is 1.17. The largest absolute Gasteiger partial charge is 0.386 e. The van der Waals surface area contributed by atoms with Gasteiger partial charge >= 0.3 is 0 Å². The summed E-state index contributed by atoms with van der Waals surface area (Å²) in [5, 5.41) is 9.94. The average molecular weight is 419 g/mol. The second kappa shape index (κ2) is 5.79. The molecule has 0 aliphatic carbocycles. The normalized spacial score (nSPS) is 15.8. The minimum Gasteiger partial charge on any atom is -0.386 e. The molecule has 1 aromatic carbocycles. The lowest BCUT2D eigenvalue weighted by atomic mass is 10.1. The lowest BCUT2D eigenvalue weighted by Crippen LogP contribution is -2.24. The summed E-state index contributed by atoms with van der Waals surface area (Å²) in [5.41, 5.74) is 0.611. The second-order valence-electron chi connectivity index (χ2n) is 3.30. The number of hydrogen-bond acceptors (Lipinski definition) is 3. The Balaban J connectivity index is 2.94. The van der Waals surface area contributed by atoms with Crippen LogP contribution in [-0.4, -0.2) is 22.5 Å². The molecule has 1 aromatic rings. The second-order valence-corrected chi connectivity index (χ2v) is 8.81. The minimum absolute atomic E-state index is 0.0359. The molecule has 0 radical (unpaired) electrons. The van der Waals surface area contributed by atoms with Crippen LogP contribution in [0.15, 0.2) is 28.7 Å². The van der Waals surface area contributed by atoms with E-state index in [0.29, 0.717) is 5.56 Å². The number of sulfone groups is 1. The molecule has 0 bridgehead atoms. The van der Waals surface area contributed by atoms with E-state index in [-0.39, 0.29) is 5.75 Å². The van der Waals surface area contributed by atoms with Crippen LogP contribution < -0.4 is 0 Å². The molecular weight excluding hydrogens is 407 g/mol. The van der Waals surface area contributed by atoms with E-state index in [1.165, 1.54) is 0 Å². The first kappa shape index (κ1) is 14.4. The summed E-state index contributed by atoms with van der Waals surface area (Å²) in [7, 11) is -3.23. The Morgan fingerprint density at radius 3 is 2.31 bits per heavy atom. The highest BCUT2D eigenvalue weighted by Crippen LogP contribution is 2.28. The predicted octanol–water partition coefficient (Wildman–Crippen LogP) is 2.68. The van der Waals surface area contributed by atoms with E-state index in [2.05, 4.69) is 15.9 Å². The van der Waals surface area contributed by atoms with Crippen molar-refractivity contribution in [1.29, 1.82) is 0 Å². The summed E-state index contributed by atoms with van der Waals surface area (Å²) < 4.78 is 23.3. The molecule has 0 spiro atoms. The Hall–Kier alpha value is 0.340. The van der Waals surface area contributed by atoms with Gasteiger partial charge in [0.1, 0.15) is 9.36 Å². The van der Waals surface area contributed by atoms with E-state index in [9.17, 15) is 13.5 Å². The van der Waals surface area contributed by atoms with Crippen molar-refractivity contribution in [1.82, 2.24) is 0 Å². The van der Waals surface area contributed by atoms with Crippen molar-refractivity contribution in [3.63, 3.8) is 0 Å². The first-order chi connectivity index (χ1) is 7.38. The molecule has 16 heavy (non-hydrogen) atoms. The molecule has 2 atom stereocenters. The van der Waals surface area contributed by atoms with Crippen LogP contribution >= 0.6 is 38.5 Å². The van der Waals surface area contributed by atoms with Gasteiger partial charge in [-0.25, -0.2) is 8.42 Å². The molecule has 1 rings (SSSR count). The van der Waals surface area contributed by atoms with Crippen LogP contribution in [-0.2, 0) is 9.84 Å². The molecule has 0 aromatic heterocycles. The van der Waals surface area contributed by atoms with E-state index in [1.807, 2.05) is 0 Å². The SMILES string of the molecule is CCS(=O)(=O)C(I)C(O)c1ccc(Br)cc1. The van der Waals surface area contributed by atoms with Gasteiger partial charge in [0.05, 0.1) is 0 Å². The number of benzene rings is 1. The summed E-state index contributed by atoms with van der Waals surface area (Å²) >= 11 is 5.06. The molecule has 0 amide bonds. The maximum absolute atomic E-state index is 11.6. The third-order valence-corrected chi connectivity index (χ3v) is 7.49. The Bertz CT molecular complexity index is 444. The molecule has 90 valence electrons. The summed E-state index contributed by atoms with van der Waals surface area (Å²) in [5.74, 6) is 0.0359. The zero-order valence-electron chi connectivity index (χ0n) is 8.60. The monoisotopic (exact) mass is 418 g/mol. The predicted molar refractivity (Wildman–Crippen MR) is 76.4 cm³/mol. The number of aliphatic hydroxyl groups excluding tert-OH is 1. The van der Waals surface area contributed by atoms with Gasteiger partial charge in [-0.3, -0.25) is 0 Å². The fourth-order valence-corrected chi connectivity index (χ4v) is 3.79. The molecule has 3 nitrogen and oxygen atoms in total. The number of halogens is 2. The van der Waals surface area contributed by atoms with Gasteiger partial charge in [-0.15, -0.1) is 0 Å². The van der Waals surface area contributed by atoms with Gasteiger partial charge in [-0.1, -0.05) is 57.6 Å². The molecule has 0 fully saturated rings. The number of alkyl halides is 1. The fraction of sp³-hybridized carbons (Fsp3) is 0.400. The van der Waals surface area contributed by atoms with E-state index < -0.39 is 19.2 Å². The first-order valence-corrected chi connectivity index (χ1v) is 8.43. The minimum atomic E-state index is -3.23. The van der Waals surface area contributed by atoms with Gasteiger partial charge in [0.2, 0.25) is 0 Å². The van der Waals surface area contributed by atoms with Gasteiger partial charge in [-0.05, 0) is 17.7 Å². The van der Waals surface area contributed by atoms with Gasteiger partial charge in [-0.2, -0.15) is 0 Å². The lowest BCUT2D eigenvalue weighted by molar-refractivity contribution is 0.197. The summed E-state index contributed by atoms with van der Waals surface area (Å²) in [4.78, 5) is 0. The molecule has 6 heteroatoms. The van der Waals surface area contributed by atoms with Crippen molar-refractivity contribution in [2.75, 3.05) is 5.75 Å². The molecule has 0 aliphatic rings. The van der Waals surface area contributed by atoms with Crippen molar-refractivity contribution in [2.24, 2.45) is 0 Å². The van der Waals surface area contributed by atoms with Crippen molar-refractivity contribution < 1.29 is 13.5 Å². The standard InChI is InChI=1S/C10H12BrIO3S/c1-2-16(14,15)10(12)9(13)7-3-5-8(11)6-4-7/h3-6,9-10,13H,2H2,1H3. The highest BCUT2D eigenvalue weighted by Gasteiger charge is 2.29. The van der Waals surface area contributed by atoms with E-state index in [1.54, 1.807) is 53.8 Å². The van der Waals surface area contributed by atoms with Crippen molar-refractivity contribution in [3.8, 4) is 0 Å². The Labute approximate surface area is 117 Å². The quantitative estimate of drug-likeness (QED) is 0.604. The summed E-state index contributed by atoms with van der Waals surface area (Å²) in [6.07, 6.45) is -0.987. The summed E-state index contributed by atoms with van der Waals surface area (Å²) in [6.45, 7) is 1.58. The highest BCUT2D eigenvalue weighted by molar-refractivity contribution is 14.1. The van der Waals surface area contributed by atoms with Gasteiger partial charge in [0, 0.05) is 10.2 Å². The van der Waals surface area contributed by atoms with Crippen LogP contribution in [0.5, 0.6) is 0 Å².